The van der Waals surface area contributed by atoms with Gasteiger partial charge in [0.15, 0.2) is 5.52 Å². The summed E-state index contributed by atoms with van der Waals surface area (Å²) in [5, 5.41) is 13.8. The first kappa shape index (κ1) is 22.0. The van der Waals surface area contributed by atoms with Crippen LogP contribution in [0.1, 0.15) is 63.1 Å². The number of nitrogens with zero attached hydrogens (tertiary/aromatic N) is 3. The molecule has 2 aromatic heterocycles. The number of benzene rings is 1. The molecule has 1 fully saturated rings. The van der Waals surface area contributed by atoms with Gasteiger partial charge in [0, 0.05) is 7.05 Å². The van der Waals surface area contributed by atoms with Crippen LogP contribution in [0.4, 0.5) is 0 Å². The summed E-state index contributed by atoms with van der Waals surface area (Å²) < 4.78 is 7.45. The molecular weight excluding hydrogens is 408 g/mol. The van der Waals surface area contributed by atoms with Crippen molar-refractivity contribution >= 4 is 17.0 Å². The number of hydrogen-bond donors (Lipinski definition) is 2. The van der Waals surface area contributed by atoms with E-state index in [9.17, 15) is 14.7 Å². The Kier molecular flexibility index (Phi) is 6.30. The Morgan fingerprint density at radius 2 is 2.00 bits per heavy atom. The summed E-state index contributed by atoms with van der Waals surface area (Å²) in [6.07, 6.45) is 4.68. The van der Waals surface area contributed by atoms with E-state index in [0.29, 0.717) is 42.1 Å². The summed E-state index contributed by atoms with van der Waals surface area (Å²) in [7, 11) is 1.76. The van der Waals surface area contributed by atoms with Gasteiger partial charge in [0.1, 0.15) is 17.1 Å². The number of carboxylic acids is 1. The highest BCUT2D eigenvalue weighted by atomic mass is 16.5. The average Bonchev–Trinajstić information content (AvgIpc) is 3.10. The second-order valence-corrected chi connectivity index (χ2v) is 8.51. The van der Waals surface area contributed by atoms with Crippen molar-refractivity contribution in [1.82, 2.24) is 19.7 Å². The Morgan fingerprint density at radius 1 is 1.25 bits per heavy atom. The lowest BCUT2D eigenvalue weighted by Crippen LogP contribution is -2.20. The monoisotopic (exact) mass is 438 g/mol. The molecule has 0 saturated heterocycles. The second kappa shape index (κ2) is 9.14. The van der Waals surface area contributed by atoms with E-state index in [1.807, 2.05) is 25.1 Å². The van der Waals surface area contributed by atoms with Crippen molar-refractivity contribution in [3.63, 3.8) is 0 Å². The summed E-state index contributed by atoms with van der Waals surface area (Å²) in [5.74, 6) is 0.461. The molecule has 1 saturated carbocycles. The fraction of sp³-hybridized carbons (Fsp3) is 0.500. The lowest BCUT2D eigenvalue weighted by molar-refractivity contribution is -0.142. The molecule has 4 rings (SSSR count). The van der Waals surface area contributed by atoms with Crippen molar-refractivity contribution in [2.24, 2.45) is 13.0 Å². The molecule has 0 atom stereocenters. The molecule has 1 aromatic carbocycles. The van der Waals surface area contributed by atoms with Crippen molar-refractivity contribution < 1.29 is 14.6 Å². The van der Waals surface area contributed by atoms with Gasteiger partial charge >= 0.3 is 5.97 Å². The number of H-pyrrole nitrogens is 1. The van der Waals surface area contributed by atoms with Crippen molar-refractivity contribution in [1.29, 1.82) is 0 Å². The van der Waals surface area contributed by atoms with Crippen LogP contribution < -0.4 is 10.3 Å². The summed E-state index contributed by atoms with van der Waals surface area (Å²) >= 11 is 0. The molecule has 2 N–H and O–H groups in total. The quantitative estimate of drug-likeness (QED) is 0.576. The maximum Gasteiger partial charge on any atom is 0.306 e. The van der Waals surface area contributed by atoms with Gasteiger partial charge in [-0.15, -0.1) is 0 Å². The van der Waals surface area contributed by atoms with Crippen LogP contribution >= 0.6 is 0 Å². The molecule has 8 heteroatoms. The van der Waals surface area contributed by atoms with E-state index in [1.165, 1.54) is 0 Å². The van der Waals surface area contributed by atoms with Crippen LogP contribution in [0.15, 0.2) is 23.0 Å². The molecule has 8 nitrogen and oxygen atoms in total. The first-order valence-electron chi connectivity index (χ1n) is 11.4. The number of carbonyl (C=O) groups is 1. The van der Waals surface area contributed by atoms with E-state index in [0.717, 1.165) is 42.5 Å². The van der Waals surface area contributed by atoms with Crippen LogP contribution in [0, 0.1) is 5.92 Å². The van der Waals surface area contributed by atoms with Crippen molar-refractivity contribution in [3.05, 3.63) is 39.8 Å². The zero-order valence-electron chi connectivity index (χ0n) is 18.9. The number of aryl methyl sites for hydroxylation is 2. The van der Waals surface area contributed by atoms with Gasteiger partial charge in [-0.1, -0.05) is 19.4 Å². The minimum atomic E-state index is -0.703. The van der Waals surface area contributed by atoms with Gasteiger partial charge in [-0.05, 0) is 62.6 Å². The number of aliphatic carboxylic acids is 1. The lowest BCUT2D eigenvalue weighted by atomic mass is 9.78. The number of fused-ring (bicyclic) bond motifs is 1. The van der Waals surface area contributed by atoms with E-state index >= 15 is 0 Å². The van der Waals surface area contributed by atoms with Gasteiger partial charge in [0.25, 0.3) is 5.56 Å². The number of nitrogens with one attached hydrogen (secondary N) is 1. The highest BCUT2D eigenvalue weighted by molar-refractivity contribution is 5.80. The Bertz CT molecular complexity index is 1190. The summed E-state index contributed by atoms with van der Waals surface area (Å²) in [6.45, 7) is 4.49. The van der Waals surface area contributed by atoms with E-state index in [-0.39, 0.29) is 17.4 Å². The van der Waals surface area contributed by atoms with E-state index in [2.05, 4.69) is 17.0 Å². The summed E-state index contributed by atoms with van der Waals surface area (Å²) in [4.78, 5) is 32.0. The van der Waals surface area contributed by atoms with Crippen molar-refractivity contribution in [2.45, 2.75) is 58.3 Å². The molecule has 2 heterocycles. The predicted molar refractivity (Wildman–Crippen MR) is 122 cm³/mol. The SMILES string of the molecule is CCCc1nn(C)c2c(=O)[nH]c(-c3cc(C4CCC(C(=O)O)CC4)ccc3OCC)nc12. The number of aromatic nitrogens is 4. The van der Waals surface area contributed by atoms with Crippen molar-refractivity contribution in [3.8, 4) is 17.1 Å². The molecule has 0 spiro atoms. The third-order valence-electron chi connectivity index (χ3n) is 6.36. The van der Waals surface area contributed by atoms with Crippen LogP contribution in [0.3, 0.4) is 0 Å². The summed E-state index contributed by atoms with van der Waals surface area (Å²) in [5.41, 5.74) is 3.56. The Hall–Kier alpha value is -3.16. The maximum atomic E-state index is 12.9. The first-order chi connectivity index (χ1) is 15.4. The molecule has 3 aromatic rings. The molecule has 1 aliphatic carbocycles. The third-order valence-corrected chi connectivity index (χ3v) is 6.36. The zero-order valence-corrected chi connectivity index (χ0v) is 18.9. The number of hydrogen-bond acceptors (Lipinski definition) is 5. The lowest BCUT2D eigenvalue weighted by Gasteiger charge is -2.27. The molecule has 0 amide bonds. The van der Waals surface area contributed by atoms with Crippen LogP contribution in [-0.4, -0.2) is 37.4 Å². The van der Waals surface area contributed by atoms with Crippen LogP contribution in [0.25, 0.3) is 22.4 Å². The van der Waals surface area contributed by atoms with Gasteiger partial charge in [-0.3, -0.25) is 14.3 Å². The van der Waals surface area contributed by atoms with Crippen molar-refractivity contribution in [2.75, 3.05) is 6.61 Å². The zero-order chi connectivity index (χ0) is 22.8. The Balaban J connectivity index is 1.77. The molecule has 32 heavy (non-hydrogen) atoms. The second-order valence-electron chi connectivity index (χ2n) is 8.51. The fourth-order valence-corrected chi connectivity index (χ4v) is 4.72. The molecule has 0 bridgehead atoms. The summed E-state index contributed by atoms with van der Waals surface area (Å²) in [6, 6.07) is 6.01. The minimum Gasteiger partial charge on any atom is -0.493 e. The Morgan fingerprint density at radius 3 is 2.66 bits per heavy atom. The Labute approximate surface area is 186 Å². The minimum absolute atomic E-state index is 0.225. The van der Waals surface area contributed by atoms with E-state index < -0.39 is 5.97 Å². The standard InChI is InChI=1S/C24H30N4O4/c1-4-6-18-20-21(28(3)27-18)23(29)26-22(25-20)17-13-16(11-12-19(17)32-5-2)14-7-9-15(10-8-14)24(30)31/h11-15H,4-10H2,1-3H3,(H,30,31)(H,25,26,29). The van der Waals surface area contributed by atoms with Gasteiger partial charge in [0.2, 0.25) is 0 Å². The molecule has 0 radical (unpaired) electrons. The van der Waals surface area contributed by atoms with Gasteiger partial charge < -0.3 is 14.8 Å². The topological polar surface area (TPSA) is 110 Å². The highest BCUT2D eigenvalue weighted by Gasteiger charge is 2.27. The maximum absolute atomic E-state index is 12.9. The molecule has 0 unspecified atom stereocenters. The molecule has 1 aliphatic rings. The molecular formula is C24H30N4O4. The number of aromatic amines is 1. The third kappa shape index (κ3) is 4.13. The number of carboxylic acid groups (broad SMARTS) is 1. The average molecular weight is 439 g/mol. The smallest absolute Gasteiger partial charge is 0.306 e. The van der Waals surface area contributed by atoms with Gasteiger partial charge in [-0.2, -0.15) is 5.10 Å². The van der Waals surface area contributed by atoms with Gasteiger partial charge in [0.05, 0.1) is 23.8 Å². The van der Waals surface area contributed by atoms with Crippen LogP contribution in [-0.2, 0) is 18.3 Å². The normalized spacial score (nSPS) is 18.7. The van der Waals surface area contributed by atoms with Crippen LogP contribution in [0.5, 0.6) is 5.75 Å². The fourth-order valence-electron chi connectivity index (χ4n) is 4.72. The number of ether oxygens (including phenoxy) is 1. The largest absolute Gasteiger partial charge is 0.493 e. The van der Waals surface area contributed by atoms with Crippen LogP contribution in [0.2, 0.25) is 0 Å². The first-order valence-corrected chi connectivity index (χ1v) is 11.4. The molecule has 170 valence electrons. The van der Waals surface area contributed by atoms with Gasteiger partial charge in [-0.25, -0.2) is 4.98 Å². The highest BCUT2D eigenvalue weighted by Crippen LogP contribution is 2.39. The molecule has 0 aliphatic heterocycles. The van der Waals surface area contributed by atoms with E-state index in [4.69, 9.17) is 9.72 Å². The van der Waals surface area contributed by atoms with E-state index in [1.54, 1.807) is 11.7 Å². The number of rotatable bonds is 7. The predicted octanol–water partition coefficient (Wildman–Crippen LogP) is 4.03.